The number of allylic oxidation sites excluding steroid dienone is 2. The van der Waals surface area contributed by atoms with E-state index in [-0.39, 0.29) is 0 Å². The lowest BCUT2D eigenvalue weighted by Gasteiger charge is -2.24. The van der Waals surface area contributed by atoms with Crippen LogP contribution in [0.25, 0.3) is 11.0 Å². The first-order valence-electron chi connectivity index (χ1n) is 9.21. The van der Waals surface area contributed by atoms with Crippen LogP contribution < -0.4 is 0 Å². The highest BCUT2D eigenvalue weighted by atomic mass is 32.2. The second kappa shape index (κ2) is 8.13. The molecule has 0 amide bonds. The first-order chi connectivity index (χ1) is 12.1. The van der Waals surface area contributed by atoms with Gasteiger partial charge in [0.05, 0.1) is 16.7 Å². The number of rotatable bonds is 6. The van der Waals surface area contributed by atoms with Crippen LogP contribution in [0.2, 0.25) is 0 Å². The molecule has 1 aromatic carbocycles. The number of aliphatic imine (C=N–C) groups is 1. The van der Waals surface area contributed by atoms with Gasteiger partial charge in [-0.2, -0.15) is 0 Å². The van der Waals surface area contributed by atoms with E-state index in [9.17, 15) is 0 Å². The summed E-state index contributed by atoms with van der Waals surface area (Å²) < 4.78 is 0. The Balaban J connectivity index is 1.87. The first kappa shape index (κ1) is 18.1. The van der Waals surface area contributed by atoms with Crippen LogP contribution in [0.1, 0.15) is 56.4 Å². The predicted octanol–water partition coefficient (Wildman–Crippen LogP) is 5.86. The molecule has 1 unspecified atom stereocenters. The van der Waals surface area contributed by atoms with E-state index in [0.29, 0.717) is 0 Å². The normalized spacial score (nSPS) is 18.0. The smallest absolute Gasteiger partial charge is 0.0927 e. The minimum absolute atomic E-state index is 0.786. The van der Waals surface area contributed by atoms with E-state index >= 15 is 0 Å². The Hall–Kier alpha value is -1.68. The number of hydrogen-bond acceptors (Lipinski definition) is 4. The standard InChI is InChI=1S/C21H27N3S/c1-5-15-7-8-18(22-4)20(11-15)25-13-16-9-14(3)10-19-21(16)23-12-17(6-2)24-19/h9-10,12,15H,4-8,11,13H2,1-3H3. The molecule has 0 bridgehead atoms. The summed E-state index contributed by atoms with van der Waals surface area (Å²) in [6.45, 7) is 10.3. The average molecular weight is 354 g/mol. The van der Waals surface area contributed by atoms with Crippen LogP contribution in [0.4, 0.5) is 0 Å². The van der Waals surface area contributed by atoms with Crippen molar-refractivity contribution in [2.24, 2.45) is 10.9 Å². The highest BCUT2D eigenvalue weighted by Gasteiger charge is 2.20. The van der Waals surface area contributed by atoms with Gasteiger partial charge in [-0.3, -0.25) is 9.98 Å². The van der Waals surface area contributed by atoms with Gasteiger partial charge in [-0.25, -0.2) is 4.98 Å². The Morgan fingerprint density at radius 1 is 1.32 bits per heavy atom. The molecular formula is C21H27N3S. The van der Waals surface area contributed by atoms with Crippen LogP contribution in [0.15, 0.2) is 33.9 Å². The van der Waals surface area contributed by atoms with Crippen molar-refractivity contribution in [3.05, 3.63) is 45.8 Å². The van der Waals surface area contributed by atoms with Crippen molar-refractivity contribution in [1.82, 2.24) is 9.97 Å². The maximum absolute atomic E-state index is 4.75. The zero-order chi connectivity index (χ0) is 17.8. The number of hydrogen-bond donors (Lipinski definition) is 0. The minimum atomic E-state index is 0.786. The molecule has 0 aliphatic heterocycles. The Bertz CT molecular complexity index is 810. The lowest BCUT2D eigenvalue weighted by molar-refractivity contribution is 0.451. The molecule has 1 atom stereocenters. The van der Waals surface area contributed by atoms with E-state index in [1.165, 1.54) is 34.6 Å². The van der Waals surface area contributed by atoms with Crippen molar-refractivity contribution < 1.29 is 0 Å². The van der Waals surface area contributed by atoms with Crippen LogP contribution in [0.3, 0.4) is 0 Å². The monoisotopic (exact) mass is 353 g/mol. The molecule has 1 aliphatic carbocycles. The summed E-state index contributed by atoms with van der Waals surface area (Å²) in [5, 5.41) is 0. The van der Waals surface area contributed by atoms with Crippen LogP contribution in [0.5, 0.6) is 0 Å². The van der Waals surface area contributed by atoms with Crippen LogP contribution in [-0.2, 0) is 12.2 Å². The quantitative estimate of drug-likeness (QED) is 0.611. The van der Waals surface area contributed by atoms with Gasteiger partial charge >= 0.3 is 0 Å². The summed E-state index contributed by atoms with van der Waals surface area (Å²) >= 11 is 1.91. The van der Waals surface area contributed by atoms with Crippen LogP contribution >= 0.6 is 11.8 Å². The SMILES string of the molecule is C=NC1=C(SCc2cc(C)cc3nc(CC)cnc23)CC(CC)CC1. The molecule has 0 fully saturated rings. The molecule has 0 radical (unpaired) electrons. The van der Waals surface area contributed by atoms with Crippen molar-refractivity contribution in [1.29, 1.82) is 0 Å². The third-order valence-electron chi connectivity index (χ3n) is 5.04. The maximum Gasteiger partial charge on any atom is 0.0927 e. The molecule has 4 heteroatoms. The summed E-state index contributed by atoms with van der Waals surface area (Å²) in [5.74, 6) is 1.71. The molecule has 1 aliphatic rings. The molecule has 1 heterocycles. The minimum Gasteiger partial charge on any atom is -0.268 e. The molecule has 0 N–H and O–H groups in total. The van der Waals surface area contributed by atoms with Crippen molar-refractivity contribution >= 4 is 29.5 Å². The molecule has 3 rings (SSSR count). The number of aryl methyl sites for hydroxylation is 2. The summed E-state index contributed by atoms with van der Waals surface area (Å²) in [5.41, 5.74) is 6.82. The molecule has 132 valence electrons. The average Bonchev–Trinajstić information content (AvgIpc) is 2.65. The van der Waals surface area contributed by atoms with E-state index in [1.807, 2.05) is 18.0 Å². The second-order valence-corrected chi connectivity index (χ2v) is 7.91. The molecule has 3 nitrogen and oxygen atoms in total. The van der Waals surface area contributed by atoms with E-state index in [1.54, 1.807) is 0 Å². The highest BCUT2D eigenvalue weighted by Crippen LogP contribution is 2.39. The fourth-order valence-corrected chi connectivity index (χ4v) is 4.69. The van der Waals surface area contributed by atoms with Crippen molar-refractivity contribution in [3.63, 3.8) is 0 Å². The van der Waals surface area contributed by atoms with E-state index in [2.05, 4.69) is 44.6 Å². The summed E-state index contributed by atoms with van der Waals surface area (Å²) in [4.78, 5) is 15.2. The third kappa shape index (κ3) is 4.12. The van der Waals surface area contributed by atoms with Crippen LogP contribution in [0, 0.1) is 12.8 Å². The van der Waals surface area contributed by atoms with E-state index < -0.39 is 0 Å². The van der Waals surface area contributed by atoms with Gasteiger partial charge in [0, 0.05) is 22.6 Å². The number of fused-ring (bicyclic) bond motifs is 1. The molecule has 2 aromatic rings. The predicted molar refractivity (Wildman–Crippen MR) is 109 cm³/mol. The van der Waals surface area contributed by atoms with Crippen molar-refractivity contribution in [2.45, 2.75) is 58.6 Å². The molecule has 25 heavy (non-hydrogen) atoms. The molecular weight excluding hydrogens is 326 g/mol. The van der Waals surface area contributed by atoms with Crippen LogP contribution in [-0.4, -0.2) is 16.7 Å². The van der Waals surface area contributed by atoms with Gasteiger partial charge in [0.15, 0.2) is 0 Å². The van der Waals surface area contributed by atoms with Crippen molar-refractivity contribution in [3.8, 4) is 0 Å². The Morgan fingerprint density at radius 3 is 2.88 bits per heavy atom. The number of aromatic nitrogens is 2. The zero-order valence-corrected chi connectivity index (χ0v) is 16.3. The largest absolute Gasteiger partial charge is 0.268 e. The number of thioether (sulfide) groups is 1. The van der Waals surface area contributed by atoms with Crippen molar-refractivity contribution in [2.75, 3.05) is 0 Å². The van der Waals surface area contributed by atoms with Gasteiger partial charge in [0.25, 0.3) is 0 Å². The highest BCUT2D eigenvalue weighted by molar-refractivity contribution is 8.02. The maximum atomic E-state index is 4.75. The fourth-order valence-electron chi connectivity index (χ4n) is 3.46. The van der Waals surface area contributed by atoms with Gasteiger partial charge in [-0.05, 0) is 62.4 Å². The number of nitrogens with zero attached hydrogens (tertiary/aromatic N) is 3. The van der Waals surface area contributed by atoms with E-state index in [0.717, 1.165) is 47.7 Å². The topological polar surface area (TPSA) is 38.1 Å². The third-order valence-corrected chi connectivity index (χ3v) is 6.24. The first-order valence-corrected chi connectivity index (χ1v) is 10.2. The zero-order valence-electron chi connectivity index (χ0n) is 15.5. The lowest BCUT2D eigenvalue weighted by Crippen LogP contribution is -2.08. The lowest BCUT2D eigenvalue weighted by atomic mass is 9.90. The summed E-state index contributed by atoms with van der Waals surface area (Å²) in [7, 11) is 0. The molecule has 1 aromatic heterocycles. The summed E-state index contributed by atoms with van der Waals surface area (Å²) in [6.07, 6.45) is 7.53. The van der Waals surface area contributed by atoms with E-state index in [4.69, 9.17) is 9.97 Å². The van der Waals surface area contributed by atoms with Gasteiger partial charge < -0.3 is 0 Å². The van der Waals surface area contributed by atoms with Gasteiger partial charge in [0.2, 0.25) is 0 Å². The van der Waals surface area contributed by atoms with Gasteiger partial charge in [-0.1, -0.05) is 26.3 Å². The summed E-state index contributed by atoms with van der Waals surface area (Å²) in [6, 6.07) is 4.39. The number of benzene rings is 1. The van der Waals surface area contributed by atoms with Gasteiger partial charge in [0.1, 0.15) is 0 Å². The second-order valence-electron chi connectivity index (χ2n) is 6.84. The van der Waals surface area contributed by atoms with Gasteiger partial charge in [-0.15, -0.1) is 11.8 Å². The Kier molecular flexibility index (Phi) is 5.89. The molecule has 0 saturated heterocycles. The fraction of sp³-hybridized carbons (Fsp3) is 0.476. The Morgan fingerprint density at radius 2 is 2.16 bits per heavy atom. The molecule has 0 saturated carbocycles. The molecule has 0 spiro atoms. The Labute approximate surface area is 155 Å².